The largest absolute Gasteiger partial charge is 0.459 e. The molecule has 0 N–H and O–H groups in total. The standard InChI is InChI=1S/C17H27N3O3/c1-18(2)9-10-20-11-13-22-14-17(20)5-7-19(8-6-17)16(21)15-4-3-12-23-15/h3-4,12H,5-11,13-14H2,1-2H3. The Balaban J connectivity index is 1.62. The maximum atomic E-state index is 12.4. The summed E-state index contributed by atoms with van der Waals surface area (Å²) < 4.78 is 11.0. The van der Waals surface area contributed by atoms with Crippen molar-refractivity contribution in [3.63, 3.8) is 0 Å². The van der Waals surface area contributed by atoms with Crippen LogP contribution in [-0.4, -0.2) is 86.2 Å². The highest BCUT2D eigenvalue weighted by molar-refractivity contribution is 5.91. The zero-order chi connectivity index (χ0) is 16.3. The minimum Gasteiger partial charge on any atom is -0.459 e. The van der Waals surface area contributed by atoms with Gasteiger partial charge in [0.15, 0.2) is 5.76 Å². The van der Waals surface area contributed by atoms with E-state index >= 15 is 0 Å². The number of morpholine rings is 1. The normalized spacial score (nSPS) is 22.0. The van der Waals surface area contributed by atoms with Crippen molar-refractivity contribution in [2.75, 3.05) is 60.0 Å². The first-order valence-electron chi connectivity index (χ1n) is 8.41. The Labute approximate surface area is 138 Å². The highest BCUT2D eigenvalue weighted by atomic mass is 16.5. The van der Waals surface area contributed by atoms with Gasteiger partial charge in [-0.05, 0) is 39.1 Å². The van der Waals surface area contributed by atoms with Crippen molar-refractivity contribution < 1.29 is 13.9 Å². The molecule has 1 aromatic rings. The van der Waals surface area contributed by atoms with Gasteiger partial charge in [0.2, 0.25) is 0 Å². The maximum Gasteiger partial charge on any atom is 0.289 e. The molecule has 3 rings (SSSR count). The zero-order valence-corrected chi connectivity index (χ0v) is 14.2. The second-order valence-electron chi connectivity index (χ2n) is 6.84. The minimum absolute atomic E-state index is 0.00131. The van der Waals surface area contributed by atoms with E-state index in [4.69, 9.17) is 9.15 Å². The van der Waals surface area contributed by atoms with Crippen LogP contribution in [0.3, 0.4) is 0 Å². The Morgan fingerprint density at radius 3 is 2.74 bits per heavy atom. The summed E-state index contributed by atoms with van der Waals surface area (Å²) in [5.74, 6) is 0.437. The summed E-state index contributed by atoms with van der Waals surface area (Å²) in [6.45, 7) is 6.22. The molecule has 6 nitrogen and oxygen atoms in total. The molecule has 0 unspecified atom stereocenters. The quantitative estimate of drug-likeness (QED) is 0.832. The summed E-state index contributed by atoms with van der Waals surface area (Å²) in [7, 11) is 4.22. The second-order valence-corrected chi connectivity index (χ2v) is 6.84. The molecule has 1 aromatic heterocycles. The molecule has 3 heterocycles. The number of carbonyl (C=O) groups is 1. The average molecular weight is 321 g/mol. The summed E-state index contributed by atoms with van der Waals surface area (Å²) in [5.41, 5.74) is 0.0915. The fourth-order valence-corrected chi connectivity index (χ4v) is 3.58. The lowest BCUT2D eigenvalue weighted by Crippen LogP contribution is -2.62. The molecule has 2 aliphatic rings. The van der Waals surface area contributed by atoms with Crippen LogP contribution in [0.15, 0.2) is 22.8 Å². The molecule has 6 heteroatoms. The number of nitrogens with zero attached hydrogens (tertiary/aromatic N) is 3. The summed E-state index contributed by atoms with van der Waals surface area (Å²) in [4.78, 5) is 19.1. The summed E-state index contributed by atoms with van der Waals surface area (Å²) in [5, 5.41) is 0. The van der Waals surface area contributed by atoms with E-state index in [2.05, 4.69) is 23.9 Å². The molecule has 23 heavy (non-hydrogen) atoms. The Bertz CT molecular complexity index is 507. The third-order valence-electron chi connectivity index (χ3n) is 5.08. The van der Waals surface area contributed by atoms with Gasteiger partial charge in [0.05, 0.1) is 19.5 Å². The molecular weight excluding hydrogens is 294 g/mol. The number of piperidine rings is 1. The number of furan rings is 1. The molecule has 2 aliphatic heterocycles. The van der Waals surface area contributed by atoms with Gasteiger partial charge in [-0.1, -0.05) is 0 Å². The van der Waals surface area contributed by atoms with E-state index in [9.17, 15) is 4.79 Å². The third kappa shape index (κ3) is 3.59. The summed E-state index contributed by atoms with van der Waals surface area (Å²) in [6, 6.07) is 3.50. The lowest BCUT2D eigenvalue weighted by molar-refractivity contribution is -0.0928. The van der Waals surface area contributed by atoms with Crippen LogP contribution in [0.4, 0.5) is 0 Å². The zero-order valence-electron chi connectivity index (χ0n) is 14.2. The van der Waals surface area contributed by atoms with Crippen molar-refractivity contribution >= 4 is 5.91 Å². The topological polar surface area (TPSA) is 49.2 Å². The van der Waals surface area contributed by atoms with Gasteiger partial charge >= 0.3 is 0 Å². The summed E-state index contributed by atoms with van der Waals surface area (Å²) >= 11 is 0. The van der Waals surface area contributed by atoms with E-state index in [1.165, 1.54) is 0 Å². The van der Waals surface area contributed by atoms with E-state index in [1.54, 1.807) is 18.4 Å². The smallest absolute Gasteiger partial charge is 0.289 e. The number of carbonyl (C=O) groups excluding carboxylic acids is 1. The van der Waals surface area contributed by atoms with Crippen molar-refractivity contribution in [2.24, 2.45) is 0 Å². The maximum absolute atomic E-state index is 12.4. The van der Waals surface area contributed by atoms with Crippen molar-refractivity contribution in [3.8, 4) is 0 Å². The van der Waals surface area contributed by atoms with Gasteiger partial charge in [0.1, 0.15) is 0 Å². The number of amides is 1. The third-order valence-corrected chi connectivity index (χ3v) is 5.08. The molecule has 1 spiro atoms. The van der Waals surface area contributed by atoms with Crippen LogP contribution in [0.25, 0.3) is 0 Å². The van der Waals surface area contributed by atoms with Crippen LogP contribution in [0, 0.1) is 0 Å². The van der Waals surface area contributed by atoms with Crippen molar-refractivity contribution in [1.29, 1.82) is 0 Å². The second kappa shape index (κ2) is 7.03. The van der Waals surface area contributed by atoms with Gasteiger partial charge in [-0.25, -0.2) is 0 Å². The first kappa shape index (κ1) is 16.5. The van der Waals surface area contributed by atoms with E-state index < -0.39 is 0 Å². The Hall–Kier alpha value is -1.37. The molecule has 0 aliphatic carbocycles. The van der Waals surface area contributed by atoms with Crippen LogP contribution in [-0.2, 0) is 4.74 Å². The highest BCUT2D eigenvalue weighted by Crippen LogP contribution is 2.32. The minimum atomic E-state index is 0.00131. The monoisotopic (exact) mass is 321 g/mol. The van der Waals surface area contributed by atoms with E-state index in [-0.39, 0.29) is 11.4 Å². The Kier molecular flexibility index (Phi) is 5.04. The molecule has 128 valence electrons. The molecule has 1 amide bonds. The Morgan fingerprint density at radius 2 is 2.09 bits per heavy atom. The molecular formula is C17H27N3O3. The van der Waals surface area contributed by atoms with Crippen LogP contribution in [0.1, 0.15) is 23.4 Å². The van der Waals surface area contributed by atoms with Gasteiger partial charge in [-0.3, -0.25) is 9.69 Å². The van der Waals surface area contributed by atoms with E-state index in [0.29, 0.717) is 5.76 Å². The van der Waals surface area contributed by atoms with Crippen LogP contribution in [0.5, 0.6) is 0 Å². The van der Waals surface area contributed by atoms with Crippen molar-refractivity contribution in [2.45, 2.75) is 18.4 Å². The van der Waals surface area contributed by atoms with Crippen molar-refractivity contribution in [3.05, 3.63) is 24.2 Å². The van der Waals surface area contributed by atoms with E-state index in [1.807, 2.05) is 4.90 Å². The predicted octanol–water partition coefficient (Wildman–Crippen LogP) is 1.15. The highest BCUT2D eigenvalue weighted by Gasteiger charge is 2.43. The number of hydrogen-bond donors (Lipinski definition) is 0. The van der Waals surface area contributed by atoms with Gasteiger partial charge in [0, 0.05) is 38.3 Å². The SMILES string of the molecule is CN(C)CCN1CCOCC12CCN(C(=O)c1ccco1)CC2. The van der Waals surface area contributed by atoms with Gasteiger partial charge in [0.25, 0.3) is 5.91 Å². The fraction of sp³-hybridized carbons (Fsp3) is 0.706. The molecule has 0 saturated carbocycles. The number of likely N-dealkylation sites (N-methyl/N-ethyl adjacent to an activating group) is 1. The fourth-order valence-electron chi connectivity index (χ4n) is 3.58. The lowest BCUT2D eigenvalue weighted by atomic mass is 9.85. The van der Waals surface area contributed by atoms with Gasteiger partial charge in [-0.15, -0.1) is 0 Å². The number of ether oxygens (including phenoxy) is 1. The molecule has 0 radical (unpaired) electrons. The van der Waals surface area contributed by atoms with E-state index in [0.717, 1.165) is 58.8 Å². The van der Waals surface area contributed by atoms with Crippen LogP contribution in [0.2, 0.25) is 0 Å². The molecule has 0 atom stereocenters. The lowest BCUT2D eigenvalue weighted by Gasteiger charge is -2.51. The summed E-state index contributed by atoms with van der Waals surface area (Å²) in [6.07, 6.45) is 3.48. The van der Waals surface area contributed by atoms with Gasteiger partial charge in [-0.2, -0.15) is 0 Å². The van der Waals surface area contributed by atoms with Crippen molar-refractivity contribution in [1.82, 2.24) is 14.7 Å². The average Bonchev–Trinajstić information content (AvgIpc) is 3.08. The first-order chi connectivity index (χ1) is 11.1. The van der Waals surface area contributed by atoms with Crippen LogP contribution < -0.4 is 0 Å². The van der Waals surface area contributed by atoms with Crippen LogP contribution >= 0.6 is 0 Å². The number of rotatable bonds is 4. The molecule has 0 bridgehead atoms. The number of hydrogen-bond acceptors (Lipinski definition) is 5. The first-order valence-corrected chi connectivity index (χ1v) is 8.41. The Morgan fingerprint density at radius 1 is 1.30 bits per heavy atom. The molecule has 0 aromatic carbocycles. The predicted molar refractivity (Wildman–Crippen MR) is 87.5 cm³/mol. The molecule has 2 saturated heterocycles. The molecule has 2 fully saturated rings. The van der Waals surface area contributed by atoms with Gasteiger partial charge < -0.3 is 19.0 Å². The number of likely N-dealkylation sites (tertiary alicyclic amines) is 1.